The molecule has 0 N–H and O–H groups in total. The van der Waals surface area contributed by atoms with Gasteiger partial charge in [-0.3, -0.25) is 0 Å². The van der Waals surface area contributed by atoms with Crippen molar-refractivity contribution >= 4 is 26.2 Å². The zero-order valence-corrected chi connectivity index (χ0v) is 27.6. The van der Waals surface area contributed by atoms with Gasteiger partial charge < -0.3 is 0 Å². The Balaban J connectivity index is -0.0000000257. The summed E-state index contributed by atoms with van der Waals surface area (Å²) < 4.78 is 103. The van der Waals surface area contributed by atoms with E-state index in [2.05, 4.69) is 0 Å². The third-order valence-corrected chi connectivity index (χ3v) is 0. The Hall–Kier alpha value is 3.72. The Labute approximate surface area is 188 Å². The molecule has 0 aliphatic carbocycles. The number of hydrogen-bond acceptors (Lipinski definition) is 12. The molecule has 0 aromatic carbocycles. The van der Waals surface area contributed by atoms with E-state index < -0.39 is 75.1 Å². The van der Waals surface area contributed by atoms with E-state index in [0.717, 1.165) is 0 Å². The Bertz CT molecular complexity index is 298. The van der Waals surface area contributed by atoms with Gasteiger partial charge in [-0.05, 0) is 0 Å². The van der Waals surface area contributed by atoms with Crippen LogP contribution in [0.5, 0.6) is 0 Å². The van der Waals surface area contributed by atoms with Crippen molar-refractivity contribution in [1.29, 1.82) is 0 Å². The molecule has 0 aromatic rings. The van der Waals surface area contributed by atoms with Gasteiger partial charge in [0.15, 0.2) is 0 Å². The first kappa shape index (κ1) is 37.7. The van der Waals surface area contributed by atoms with E-state index in [9.17, 15) is 0 Å². The molecule has 18 heteroatoms. The van der Waals surface area contributed by atoms with Crippen molar-refractivity contribution in [3.63, 3.8) is 0 Å². The molecule has 0 saturated carbocycles. The summed E-state index contributed by atoms with van der Waals surface area (Å²) in [4.78, 5) is 0. The van der Waals surface area contributed by atoms with Gasteiger partial charge in [0.1, 0.15) is 0 Å². The van der Waals surface area contributed by atoms with Crippen molar-refractivity contribution in [3.05, 3.63) is 0 Å². The van der Waals surface area contributed by atoms with Crippen molar-refractivity contribution in [2.24, 2.45) is 0 Å². The summed E-state index contributed by atoms with van der Waals surface area (Å²) in [5.41, 5.74) is 0. The predicted molar refractivity (Wildman–Crippen MR) is 11.2 cm³/mol. The van der Waals surface area contributed by atoms with Crippen LogP contribution in [0.25, 0.3) is 0 Å². The molecule has 0 amide bonds. The molecule has 2 radical (unpaired) electrons. The molecule has 12 nitrogen and oxygen atoms in total. The molecule has 0 rings (SSSR count). The molecular formula is BiKO12Ta4. The fourth-order valence-electron chi connectivity index (χ4n) is 0. The first-order valence-corrected chi connectivity index (χ1v) is 17.9. The van der Waals surface area contributed by atoms with Crippen molar-refractivity contribution in [1.82, 2.24) is 0 Å². The monoisotopic (exact) mass is 1160 g/mol. The summed E-state index contributed by atoms with van der Waals surface area (Å²) in [6.07, 6.45) is 0. The SMILES string of the molecule is [Bi+3].[K+].[O]=[Ta](=[O])[O-].[O]=[Ta](=[O])[O-].[O]=[Ta](=[O])[O-].[O]=[Ta](=[O])[O-]. The van der Waals surface area contributed by atoms with Gasteiger partial charge in [0, 0.05) is 0 Å². The second-order valence-electron chi connectivity index (χ2n) is 0.894. The van der Waals surface area contributed by atoms with Crippen LogP contribution in [-0.2, 0) is 101 Å². The zero-order chi connectivity index (χ0) is 14.3. The van der Waals surface area contributed by atoms with Gasteiger partial charge in [-0.1, -0.05) is 0 Å². The van der Waals surface area contributed by atoms with Crippen LogP contribution in [0.15, 0.2) is 0 Å². The van der Waals surface area contributed by atoms with Crippen LogP contribution in [0.3, 0.4) is 0 Å². The summed E-state index contributed by atoms with van der Waals surface area (Å²) in [6.45, 7) is 0. The topological polar surface area (TPSA) is 229 Å². The average molecular weight is 1160 g/mol. The molecule has 0 aliphatic rings. The van der Waals surface area contributed by atoms with E-state index in [0.29, 0.717) is 0 Å². The molecule has 0 aliphatic heterocycles. The van der Waals surface area contributed by atoms with Crippen molar-refractivity contribution in [2.45, 2.75) is 0 Å². The average Bonchev–Trinajstić information content (AvgIpc) is 1.76. The van der Waals surface area contributed by atoms with Crippen LogP contribution in [-0.4, -0.2) is 26.2 Å². The maximum atomic E-state index is 8.62. The van der Waals surface area contributed by atoms with E-state index in [1.807, 2.05) is 0 Å². The normalized spacial score (nSPS) is 5.56. The van der Waals surface area contributed by atoms with Gasteiger partial charge in [0.2, 0.25) is 0 Å². The van der Waals surface area contributed by atoms with Crippen molar-refractivity contribution < 1.29 is 167 Å². The minimum atomic E-state index is -4.34. The second kappa shape index (κ2) is 32.6. The zero-order valence-electron chi connectivity index (χ0n) is 8.14. The Morgan fingerprint density at radius 1 is 0.444 bits per heavy atom. The standard InChI is InChI=1S/Bi.K.12O.4Ta/q+3;+1;;;;;;;;;4*-1;;;;. The summed E-state index contributed by atoms with van der Waals surface area (Å²) >= 11 is -17.4. The summed E-state index contributed by atoms with van der Waals surface area (Å²) in [7, 11) is 0. The van der Waals surface area contributed by atoms with E-state index in [1.54, 1.807) is 0 Å². The van der Waals surface area contributed by atoms with E-state index in [-0.39, 0.29) is 77.6 Å². The Morgan fingerprint density at radius 2 is 0.444 bits per heavy atom. The molecule has 0 saturated heterocycles. The van der Waals surface area contributed by atoms with E-state index >= 15 is 0 Å². The molecule has 0 atom stereocenters. The van der Waals surface area contributed by atoms with Gasteiger partial charge in [-0.25, -0.2) is 0 Å². The van der Waals surface area contributed by atoms with Gasteiger partial charge in [0.25, 0.3) is 0 Å². The fraction of sp³-hybridized carbons (Fsp3) is 0. The Morgan fingerprint density at radius 3 is 0.444 bits per heavy atom. The van der Waals surface area contributed by atoms with Gasteiger partial charge in [0.05, 0.1) is 0 Å². The first-order chi connectivity index (χ1) is 6.93. The van der Waals surface area contributed by atoms with Crippen LogP contribution in [0.4, 0.5) is 0 Å². The molecule has 0 fully saturated rings. The minimum absolute atomic E-state index is 0. The van der Waals surface area contributed by atoms with Gasteiger partial charge >= 0.3 is 193 Å². The third-order valence-electron chi connectivity index (χ3n) is 0. The van der Waals surface area contributed by atoms with E-state index in [4.69, 9.17) is 40.5 Å². The number of hydrogen-bond donors (Lipinski definition) is 0. The molecule has 0 unspecified atom stereocenters. The van der Waals surface area contributed by atoms with E-state index in [1.165, 1.54) is 0 Å². The van der Waals surface area contributed by atoms with Crippen LogP contribution >= 0.6 is 0 Å². The summed E-state index contributed by atoms with van der Waals surface area (Å²) in [6, 6.07) is 0. The molecule has 0 heterocycles. The summed E-state index contributed by atoms with van der Waals surface area (Å²) in [5, 5.41) is 0. The molecule has 0 bridgehead atoms. The predicted octanol–water partition coefficient (Wildman–Crippen LogP) is -9.09. The van der Waals surface area contributed by atoms with Crippen molar-refractivity contribution in [2.75, 3.05) is 0 Å². The van der Waals surface area contributed by atoms with Gasteiger partial charge in [-0.2, -0.15) is 0 Å². The quantitative estimate of drug-likeness (QED) is 0.206. The first-order valence-electron chi connectivity index (χ1n) is 2.19. The molecular weight excluding hydrogens is 1160 g/mol. The molecule has 0 aromatic heterocycles. The molecule has 18 heavy (non-hydrogen) atoms. The fourth-order valence-corrected chi connectivity index (χ4v) is 0. The Kier molecular flexibility index (Phi) is 68.4. The number of rotatable bonds is 0. The van der Waals surface area contributed by atoms with Crippen LogP contribution in [0.1, 0.15) is 0 Å². The molecule has 0 spiro atoms. The maximum absolute atomic E-state index is 8.62. The molecule has 98 valence electrons. The van der Waals surface area contributed by atoms with Crippen LogP contribution < -0.4 is 65.8 Å². The summed E-state index contributed by atoms with van der Waals surface area (Å²) in [5.74, 6) is 0. The second-order valence-corrected chi connectivity index (χ2v) is 7.32. The van der Waals surface area contributed by atoms with Crippen molar-refractivity contribution in [3.8, 4) is 0 Å². The van der Waals surface area contributed by atoms with Crippen LogP contribution in [0, 0.1) is 0 Å². The van der Waals surface area contributed by atoms with Gasteiger partial charge in [-0.15, -0.1) is 0 Å². The third kappa shape index (κ3) is 499. The van der Waals surface area contributed by atoms with Crippen LogP contribution in [0.2, 0.25) is 0 Å².